The number of carbonyl (C=O) groups is 1. The average Bonchev–Trinajstić information content (AvgIpc) is 2.86. The van der Waals surface area contributed by atoms with Crippen LogP contribution in [-0.2, 0) is 0 Å². The number of aromatic amines is 1. The lowest BCUT2D eigenvalue weighted by atomic mass is 9.99. The molecule has 1 N–H and O–H groups in total. The van der Waals surface area contributed by atoms with Crippen molar-refractivity contribution in [1.82, 2.24) is 9.97 Å². The number of hydrogen-bond acceptors (Lipinski definition) is 2. The number of pyridine rings is 1. The monoisotopic (exact) mass is 264 g/mol. The Morgan fingerprint density at radius 1 is 1.20 bits per heavy atom. The van der Waals surface area contributed by atoms with Crippen molar-refractivity contribution in [3.63, 3.8) is 0 Å². The molecule has 2 heterocycles. The fourth-order valence-corrected chi connectivity index (χ4v) is 2.60. The number of rotatable bonds is 3. The maximum absolute atomic E-state index is 11.5. The molecule has 0 fully saturated rings. The standard InChI is InChI=1S/C17H16N2O/c1-11(2)13-6-3-7-14-15(10-20)16(19-17(13)14)12-5-4-8-18-9-12/h3-11,19H,1-2H3. The second-order valence-electron chi connectivity index (χ2n) is 5.20. The van der Waals surface area contributed by atoms with E-state index >= 15 is 0 Å². The maximum atomic E-state index is 11.5. The van der Waals surface area contributed by atoms with Gasteiger partial charge in [-0.25, -0.2) is 0 Å². The molecule has 1 aromatic carbocycles. The van der Waals surface area contributed by atoms with Crippen molar-refractivity contribution in [1.29, 1.82) is 0 Å². The van der Waals surface area contributed by atoms with Crippen LogP contribution in [0.1, 0.15) is 35.7 Å². The summed E-state index contributed by atoms with van der Waals surface area (Å²) < 4.78 is 0. The molecule has 0 atom stereocenters. The largest absolute Gasteiger partial charge is 0.354 e. The third-order valence-corrected chi connectivity index (χ3v) is 3.60. The van der Waals surface area contributed by atoms with Crippen molar-refractivity contribution in [2.24, 2.45) is 0 Å². The van der Waals surface area contributed by atoms with E-state index in [-0.39, 0.29) is 0 Å². The van der Waals surface area contributed by atoms with Crippen LogP contribution in [0.3, 0.4) is 0 Å². The first-order valence-electron chi connectivity index (χ1n) is 6.72. The predicted octanol–water partition coefficient (Wildman–Crippen LogP) is 4.17. The fraction of sp³-hybridized carbons (Fsp3) is 0.176. The van der Waals surface area contributed by atoms with Crippen LogP contribution in [-0.4, -0.2) is 16.3 Å². The molecule has 2 aromatic heterocycles. The normalized spacial score (nSPS) is 11.2. The molecule has 0 amide bonds. The molecular weight excluding hydrogens is 248 g/mol. The minimum absolute atomic E-state index is 0.401. The molecule has 3 nitrogen and oxygen atoms in total. The summed E-state index contributed by atoms with van der Waals surface area (Å²) in [4.78, 5) is 19.1. The van der Waals surface area contributed by atoms with Gasteiger partial charge in [0, 0.05) is 28.9 Å². The molecule has 3 aromatic rings. The van der Waals surface area contributed by atoms with Crippen molar-refractivity contribution >= 4 is 17.2 Å². The molecule has 20 heavy (non-hydrogen) atoms. The second kappa shape index (κ2) is 4.93. The number of aldehydes is 1. The highest BCUT2D eigenvalue weighted by atomic mass is 16.1. The maximum Gasteiger partial charge on any atom is 0.152 e. The number of nitrogens with one attached hydrogen (secondary N) is 1. The average molecular weight is 264 g/mol. The lowest BCUT2D eigenvalue weighted by Gasteiger charge is -2.06. The van der Waals surface area contributed by atoms with E-state index in [9.17, 15) is 4.79 Å². The van der Waals surface area contributed by atoms with E-state index in [1.54, 1.807) is 12.4 Å². The van der Waals surface area contributed by atoms with Crippen LogP contribution in [0.4, 0.5) is 0 Å². The van der Waals surface area contributed by atoms with Crippen molar-refractivity contribution in [2.75, 3.05) is 0 Å². The van der Waals surface area contributed by atoms with Crippen LogP contribution in [0.5, 0.6) is 0 Å². The number of fused-ring (bicyclic) bond motifs is 1. The minimum atomic E-state index is 0.401. The quantitative estimate of drug-likeness (QED) is 0.722. The molecular formula is C17H16N2O. The van der Waals surface area contributed by atoms with Crippen LogP contribution >= 0.6 is 0 Å². The van der Waals surface area contributed by atoms with E-state index in [0.29, 0.717) is 11.5 Å². The Morgan fingerprint density at radius 3 is 2.70 bits per heavy atom. The summed E-state index contributed by atoms with van der Waals surface area (Å²) in [6, 6.07) is 9.93. The van der Waals surface area contributed by atoms with Gasteiger partial charge >= 0.3 is 0 Å². The Labute approximate surface area is 117 Å². The van der Waals surface area contributed by atoms with E-state index in [4.69, 9.17) is 0 Å². The Kier molecular flexibility index (Phi) is 3.11. The third-order valence-electron chi connectivity index (χ3n) is 3.60. The minimum Gasteiger partial charge on any atom is -0.354 e. The Hall–Kier alpha value is -2.42. The molecule has 0 saturated heterocycles. The smallest absolute Gasteiger partial charge is 0.152 e. The van der Waals surface area contributed by atoms with E-state index in [1.807, 2.05) is 24.3 Å². The van der Waals surface area contributed by atoms with Crippen LogP contribution in [0.2, 0.25) is 0 Å². The van der Waals surface area contributed by atoms with Crippen LogP contribution in [0.25, 0.3) is 22.2 Å². The van der Waals surface area contributed by atoms with Gasteiger partial charge in [0.25, 0.3) is 0 Å². The topological polar surface area (TPSA) is 45.8 Å². The van der Waals surface area contributed by atoms with E-state index < -0.39 is 0 Å². The van der Waals surface area contributed by atoms with Crippen LogP contribution in [0, 0.1) is 0 Å². The molecule has 3 rings (SSSR count). The fourth-order valence-electron chi connectivity index (χ4n) is 2.60. The highest BCUT2D eigenvalue weighted by Crippen LogP contribution is 2.32. The van der Waals surface area contributed by atoms with Gasteiger partial charge < -0.3 is 4.98 Å². The van der Waals surface area contributed by atoms with E-state index in [1.165, 1.54) is 5.56 Å². The van der Waals surface area contributed by atoms with Gasteiger partial charge in [-0.1, -0.05) is 32.0 Å². The highest BCUT2D eigenvalue weighted by molar-refractivity contribution is 6.05. The van der Waals surface area contributed by atoms with Gasteiger partial charge in [0.2, 0.25) is 0 Å². The zero-order chi connectivity index (χ0) is 14.1. The summed E-state index contributed by atoms with van der Waals surface area (Å²) in [6.45, 7) is 4.31. The lowest BCUT2D eigenvalue weighted by Crippen LogP contribution is -1.88. The molecule has 0 saturated carbocycles. The van der Waals surface area contributed by atoms with Gasteiger partial charge in [-0.2, -0.15) is 0 Å². The Balaban J connectivity index is 2.34. The summed E-state index contributed by atoms with van der Waals surface area (Å²) in [6.07, 6.45) is 4.42. The Morgan fingerprint density at radius 2 is 2.05 bits per heavy atom. The number of hydrogen-bond donors (Lipinski definition) is 1. The molecule has 100 valence electrons. The summed E-state index contributed by atoms with van der Waals surface area (Å²) in [5.74, 6) is 0.401. The van der Waals surface area contributed by atoms with Crippen molar-refractivity contribution in [3.05, 3.63) is 53.9 Å². The van der Waals surface area contributed by atoms with Gasteiger partial charge in [0.15, 0.2) is 6.29 Å². The van der Waals surface area contributed by atoms with E-state index in [0.717, 1.165) is 28.4 Å². The molecule has 0 aliphatic carbocycles. The zero-order valence-corrected chi connectivity index (χ0v) is 11.6. The van der Waals surface area contributed by atoms with Gasteiger partial charge in [-0.05, 0) is 23.6 Å². The zero-order valence-electron chi connectivity index (χ0n) is 11.6. The van der Waals surface area contributed by atoms with Crippen molar-refractivity contribution in [3.8, 4) is 11.3 Å². The summed E-state index contributed by atoms with van der Waals surface area (Å²) in [7, 11) is 0. The molecule has 0 unspecified atom stereocenters. The van der Waals surface area contributed by atoms with Gasteiger partial charge in [0.05, 0.1) is 11.2 Å². The first-order valence-corrected chi connectivity index (χ1v) is 6.72. The summed E-state index contributed by atoms with van der Waals surface area (Å²) in [5, 5.41) is 0.977. The van der Waals surface area contributed by atoms with E-state index in [2.05, 4.69) is 29.9 Å². The van der Waals surface area contributed by atoms with Gasteiger partial charge in [-0.3, -0.25) is 9.78 Å². The molecule has 0 aliphatic heterocycles. The first-order chi connectivity index (χ1) is 9.72. The first kappa shape index (κ1) is 12.6. The lowest BCUT2D eigenvalue weighted by molar-refractivity contribution is 0.112. The highest BCUT2D eigenvalue weighted by Gasteiger charge is 2.15. The molecule has 0 radical (unpaired) electrons. The number of carbonyl (C=O) groups excluding carboxylic acids is 1. The Bertz CT molecular complexity index is 757. The molecule has 0 aliphatic rings. The third kappa shape index (κ3) is 1.92. The predicted molar refractivity (Wildman–Crippen MR) is 81.0 cm³/mol. The SMILES string of the molecule is CC(C)c1cccc2c(C=O)c(-c3cccnc3)[nH]c12. The number of nitrogens with zero attached hydrogens (tertiary/aromatic N) is 1. The second-order valence-corrected chi connectivity index (χ2v) is 5.20. The molecule has 0 spiro atoms. The van der Waals surface area contributed by atoms with Gasteiger partial charge in [0.1, 0.15) is 0 Å². The summed E-state index contributed by atoms with van der Waals surface area (Å²) >= 11 is 0. The molecule has 3 heteroatoms. The van der Waals surface area contributed by atoms with Crippen molar-refractivity contribution in [2.45, 2.75) is 19.8 Å². The summed E-state index contributed by atoms with van der Waals surface area (Å²) in [5.41, 5.74) is 4.75. The number of para-hydroxylation sites is 1. The number of benzene rings is 1. The molecule has 0 bridgehead atoms. The van der Waals surface area contributed by atoms with Crippen LogP contribution < -0.4 is 0 Å². The van der Waals surface area contributed by atoms with Gasteiger partial charge in [-0.15, -0.1) is 0 Å². The number of aromatic nitrogens is 2. The number of H-pyrrole nitrogens is 1. The van der Waals surface area contributed by atoms with Crippen molar-refractivity contribution < 1.29 is 4.79 Å². The van der Waals surface area contributed by atoms with Crippen LogP contribution in [0.15, 0.2) is 42.7 Å².